The molecule has 1 atom stereocenters. The number of rotatable bonds is 2. The molecule has 2 aromatic rings. The van der Waals surface area contributed by atoms with Crippen molar-refractivity contribution in [2.24, 2.45) is 5.41 Å². The maximum Gasteiger partial charge on any atom is 0.127 e. The summed E-state index contributed by atoms with van der Waals surface area (Å²) in [5.41, 5.74) is 2.67. The first-order chi connectivity index (χ1) is 10.1. The maximum atomic E-state index is 14.1. The van der Waals surface area contributed by atoms with Gasteiger partial charge in [0.15, 0.2) is 0 Å². The Hall–Kier alpha value is -1.66. The first-order valence-electron chi connectivity index (χ1n) is 7.04. The summed E-state index contributed by atoms with van der Waals surface area (Å²) in [4.78, 5) is 0. The largest absolute Gasteiger partial charge is 0.207 e. The molecule has 0 heterocycles. The molecule has 1 aliphatic rings. The molecule has 106 valence electrons. The summed E-state index contributed by atoms with van der Waals surface area (Å²) < 4.78 is 14.8. The van der Waals surface area contributed by atoms with Crippen molar-refractivity contribution < 1.29 is 4.39 Å². The number of aryl methyl sites for hydroxylation is 1. The second-order valence-corrected chi connectivity index (χ2v) is 6.67. The molecule has 0 N–H and O–H groups in total. The Kier molecular flexibility index (Phi) is 3.82. The van der Waals surface area contributed by atoms with Crippen LogP contribution >= 0.6 is 15.9 Å². The maximum absolute atomic E-state index is 14.1. The summed E-state index contributed by atoms with van der Waals surface area (Å²) in [6, 6.07) is 15.8. The van der Waals surface area contributed by atoms with Crippen molar-refractivity contribution in [2.75, 3.05) is 0 Å². The summed E-state index contributed by atoms with van der Waals surface area (Å²) >= 11 is 3.27. The van der Waals surface area contributed by atoms with Gasteiger partial charge in [-0.1, -0.05) is 46.3 Å². The van der Waals surface area contributed by atoms with Gasteiger partial charge >= 0.3 is 0 Å². The Morgan fingerprint density at radius 3 is 2.67 bits per heavy atom. The lowest BCUT2D eigenvalue weighted by Gasteiger charge is -2.32. The molecule has 0 spiro atoms. The number of hydrogen-bond donors (Lipinski definition) is 0. The average molecular weight is 344 g/mol. The van der Waals surface area contributed by atoms with Gasteiger partial charge in [-0.2, -0.15) is 5.26 Å². The van der Waals surface area contributed by atoms with Gasteiger partial charge in [0, 0.05) is 4.47 Å². The lowest BCUT2D eigenvalue weighted by Crippen LogP contribution is -2.30. The van der Waals surface area contributed by atoms with Crippen LogP contribution in [-0.4, -0.2) is 0 Å². The van der Waals surface area contributed by atoms with Crippen LogP contribution in [0.5, 0.6) is 0 Å². The van der Waals surface area contributed by atoms with Crippen LogP contribution in [0.1, 0.15) is 23.1 Å². The quantitative estimate of drug-likeness (QED) is 0.766. The zero-order valence-electron chi connectivity index (χ0n) is 11.6. The fourth-order valence-corrected chi connectivity index (χ4v) is 3.45. The third kappa shape index (κ3) is 2.87. The Morgan fingerprint density at radius 1 is 1.19 bits per heavy atom. The lowest BCUT2D eigenvalue weighted by molar-refractivity contribution is 0.335. The van der Waals surface area contributed by atoms with Crippen LogP contribution in [0.2, 0.25) is 0 Å². The molecule has 0 amide bonds. The highest BCUT2D eigenvalue weighted by Gasteiger charge is 2.35. The molecule has 0 bridgehead atoms. The summed E-state index contributed by atoms with van der Waals surface area (Å²) in [6.07, 6.45) is 2.85. The SMILES string of the molecule is N#CC1(Cc2ccc(Br)cc2F)CCc2ccccc2C1. The van der Waals surface area contributed by atoms with E-state index in [1.165, 1.54) is 17.2 Å². The van der Waals surface area contributed by atoms with Crippen LogP contribution in [0.3, 0.4) is 0 Å². The van der Waals surface area contributed by atoms with E-state index in [1.807, 2.05) is 18.2 Å². The summed E-state index contributed by atoms with van der Waals surface area (Å²) in [5.74, 6) is -0.238. The summed E-state index contributed by atoms with van der Waals surface area (Å²) in [5, 5.41) is 9.69. The first kappa shape index (κ1) is 14.3. The fourth-order valence-electron chi connectivity index (χ4n) is 3.12. The molecule has 0 radical (unpaired) electrons. The van der Waals surface area contributed by atoms with Crippen molar-refractivity contribution in [2.45, 2.75) is 25.7 Å². The van der Waals surface area contributed by atoms with Crippen LogP contribution in [0.15, 0.2) is 46.9 Å². The van der Waals surface area contributed by atoms with Crippen molar-refractivity contribution in [3.05, 3.63) is 69.4 Å². The predicted octanol–water partition coefficient (Wildman–Crippen LogP) is 4.83. The number of hydrogen-bond acceptors (Lipinski definition) is 1. The second-order valence-electron chi connectivity index (χ2n) is 5.75. The van der Waals surface area contributed by atoms with Gasteiger partial charge < -0.3 is 0 Å². The van der Waals surface area contributed by atoms with E-state index in [9.17, 15) is 9.65 Å². The van der Waals surface area contributed by atoms with Gasteiger partial charge in [0.05, 0.1) is 11.5 Å². The minimum Gasteiger partial charge on any atom is -0.207 e. The Bertz CT molecular complexity index is 719. The summed E-state index contributed by atoms with van der Waals surface area (Å²) in [7, 11) is 0. The molecule has 3 heteroatoms. The van der Waals surface area contributed by atoms with Gasteiger partial charge in [0.25, 0.3) is 0 Å². The number of halogens is 2. The minimum absolute atomic E-state index is 0.238. The minimum atomic E-state index is -0.497. The second kappa shape index (κ2) is 5.61. The van der Waals surface area contributed by atoms with Crippen molar-refractivity contribution in [1.82, 2.24) is 0 Å². The van der Waals surface area contributed by atoms with E-state index in [0.29, 0.717) is 18.4 Å². The Balaban J connectivity index is 1.91. The fraction of sp³-hybridized carbons (Fsp3) is 0.278. The first-order valence-corrected chi connectivity index (χ1v) is 7.83. The molecule has 0 saturated carbocycles. The van der Waals surface area contributed by atoms with Gasteiger partial charge in [-0.3, -0.25) is 0 Å². The van der Waals surface area contributed by atoms with E-state index in [2.05, 4.69) is 34.1 Å². The lowest BCUT2D eigenvalue weighted by atomic mass is 9.69. The van der Waals surface area contributed by atoms with Crippen LogP contribution in [0.4, 0.5) is 4.39 Å². The Labute approximate surface area is 132 Å². The molecular formula is C18H15BrFN. The van der Waals surface area contributed by atoms with Gasteiger partial charge in [-0.05, 0) is 54.5 Å². The van der Waals surface area contributed by atoms with Crippen molar-refractivity contribution in [1.29, 1.82) is 5.26 Å². The molecule has 0 aliphatic heterocycles. The van der Waals surface area contributed by atoms with E-state index in [1.54, 1.807) is 6.07 Å². The van der Waals surface area contributed by atoms with Gasteiger partial charge in [0.1, 0.15) is 5.82 Å². The molecule has 1 unspecified atom stereocenters. The zero-order valence-corrected chi connectivity index (χ0v) is 13.2. The third-order valence-corrected chi connectivity index (χ3v) is 4.79. The molecule has 0 saturated heterocycles. The molecule has 0 fully saturated rings. The predicted molar refractivity (Wildman–Crippen MR) is 84.3 cm³/mol. The average Bonchev–Trinajstić information content (AvgIpc) is 2.50. The third-order valence-electron chi connectivity index (χ3n) is 4.30. The van der Waals surface area contributed by atoms with Crippen LogP contribution in [-0.2, 0) is 19.3 Å². The number of fused-ring (bicyclic) bond motifs is 1. The number of benzene rings is 2. The van der Waals surface area contributed by atoms with Crippen molar-refractivity contribution >= 4 is 15.9 Å². The van der Waals surface area contributed by atoms with Gasteiger partial charge in [0.2, 0.25) is 0 Å². The van der Waals surface area contributed by atoms with Gasteiger partial charge in [-0.25, -0.2) is 4.39 Å². The normalized spacial score (nSPS) is 20.6. The van der Waals surface area contributed by atoms with E-state index in [4.69, 9.17) is 0 Å². The smallest absolute Gasteiger partial charge is 0.127 e. The van der Waals surface area contributed by atoms with E-state index in [0.717, 1.165) is 17.3 Å². The zero-order chi connectivity index (χ0) is 14.9. The number of nitriles is 1. The van der Waals surface area contributed by atoms with Crippen molar-refractivity contribution in [3.8, 4) is 6.07 Å². The van der Waals surface area contributed by atoms with E-state index in [-0.39, 0.29) is 5.82 Å². The molecule has 0 aromatic heterocycles. The molecule has 1 aliphatic carbocycles. The highest BCUT2D eigenvalue weighted by atomic mass is 79.9. The standard InChI is InChI=1S/C18H15BrFN/c19-16-6-5-15(17(20)9-16)11-18(12-21)8-7-13-3-1-2-4-14(13)10-18/h1-6,9H,7-8,10-11H2. The van der Waals surface area contributed by atoms with Crippen LogP contribution in [0, 0.1) is 22.6 Å². The molecule has 21 heavy (non-hydrogen) atoms. The van der Waals surface area contributed by atoms with Gasteiger partial charge in [-0.15, -0.1) is 0 Å². The Morgan fingerprint density at radius 2 is 1.95 bits per heavy atom. The molecule has 2 aromatic carbocycles. The highest BCUT2D eigenvalue weighted by molar-refractivity contribution is 9.10. The highest BCUT2D eigenvalue weighted by Crippen LogP contribution is 2.38. The van der Waals surface area contributed by atoms with Crippen LogP contribution < -0.4 is 0 Å². The molecule has 1 nitrogen and oxygen atoms in total. The topological polar surface area (TPSA) is 23.8 Å². The summed E-state index contributed by atoms with van der Waals surface area (Å²) in [6.45, 7) is 0. The van der Waals surface area contributed by atoms with Crippen molar-refractivity contribution in [3.63, 3.8) is 0 Å². The number of nitrogens with zero attached hydrogens (tertiary/aromatic N) is 1. The molecular weight excluding hydrogens is 329 g/mol. The van der Waals surface area contributed by atoms with E-state index >= 15 is 0 Å². The van der Waals surface area contributed by atoms with E-state index < -0.39 is 5.41 Å². The van der Waals surface area contributed by atoms with Crippen LogP contribution in [0.25, 0.3) is 0 Å². The molecule has 3 rings (SSSR count). The monoisotopic (exact) mass is 343 g/mol.